The van der Waals surface area contributed by atoms with Crippen LogP contribution in [0.3, 0.4) is 0 Å². The smallest absolute Gasteiger partial charge is 0.318 e. The highest BCUT2D eigenvalue weighted by molar-refractivity contribution is 5.97. The lowest BCUT2D eigenvalue weighted by molar-refractivity contribution is -0.156. The SMILES string of the molecule is CCCC(C(=O)OCC)C(=O)N1CCCCC1. The maximum Gasteiger partial charge on any atom is 0.318 e. The van der Waals surface area contributed by atoms with Crippen molar-refractivity contribution in [2.24, 2.45) is 5.92 Å². The molecule has 1 atom stereocenters. The molecule has 0 radical (unpaired) electrons. The Hall–Kier alpha value is -1.06. The number of esters is 1. The van der Waals surface area contributed by atoms with Gasteiger partial charge in [-0.2, -0.15) is 0 Å². The van der Waals surface area contributed by atoms with E-state index in [9.17, 15) is 9.59 Å². The second kappa shape index (κ2) is 7.30. The van der Waals surface area contributed by atoms with Crippen LogP contribution in [-0.2, 0) is 14.3 Å². The molecule has 0 spiro atoms. The summed E-state index contributed by atoms with van der Waals surface area (Å²) in [6.45, 7) is 5.67. The van der Waals surface area contributed by atoms with Crippen molar-refractivity contribution in [2.75, 3.05) is 19.7 Å². The van der Waals surface area contributed by atoms with Crippen LogP contribution in [0.5, 0.6) is 0 Å². The van der Waals surface area contributed by atoms with E-state index < -0.39 is 5.92 Å². The van der Waals surface area contributed by atoms with Crippen LogP contribution in [-0.4, -0.2) is 36.5 Å². The molecule has 17 heavy (non-hydrogen) atoms. The van der Waals surface area contributed by atoms with Gasteiger partial charge in [-0.1, -0.05) is 13.3 Å². The first kappa shape index (κ1) is 14.0. The van der Waals surface area contributed by atoms with Crippen LogP contribution in [0.1, 0.15) is 46.0 Å². The maximum absolute atomic E-state index is 12.2. The lowest BCUT2D eigenvalue weighted by atomic mass is 10.0. The van der Waals surface area contributed by atoms with Crippen molar-refractivity contribution in [1.29, 1.82) is 0 Å². The molecule has 0 bridgehead atoms. The summed E-state index contributed by atoms with van der Waals surface area (Å²) in [4.78, 5) is 25.8. The monoisotopic (exact) mass is 241 g/mol. The highest BCUT2D eigenvalue weighted by Crippen LogP contribution is 2.17. The molecule has 1 saturated heterocycles. The Labute approximate surface area is 103 Å². The van der Waals surface area contributed by atoms with E-state index in [0.29, 0.717) is 13.0 Å². The average molecular weight is 241 g/mol. The van der Waals surface area contributed by atoms with Gasteiger partial charge < -0.3 is 9.64 Å². The van der Waals surface area contributed by atoms with E-state index in [1.165, 1.54) is 6.42 Å². The number of amides is 1. The Bertz CT molecular complexity index is 259. The quantitative estimate of drug-likeness (QED) is 0.546. The lowest BCUT2D eigenvalue weighted by Crippen LogP contribution is -2.42. The Kier molecular flexibility index (Phi) is 6.01. The average Bonchev–Trinajstić information content (AvgIpc) is 2.36. The molecule has 1 heterocycles. The van der Waals surface area contributed by atoms with Gasteiger partial charge in [-0.15, -0.1) is 0 Å². The molecule has 0 N–H and O–H groups in total. The predicted molar refractivity (Wildman–Crippen MR) is 65.5 cm³/mol. The molecule has 0 aliphatic carbocycles. The van der Waals surface area contributed by atoms with Crippen molar-refractivity contribution in [1.82, 2.24) is 4.90 Å². The Morgan fingerprint density at radius 2 is 1.82 bits per heavy atom. The zero-order chi connectivity index (χ0) is 12.7. The molecule has 1 aliphatic rings. The van der Waals surface area contributed by atoms with Gasteiger partial charge in [-0.05, 0) is 32.6 Å². The minimum absolute atomic E-state index is 0.0370. The van der Waals surface area contributed by atoms with Crippen LogP contribution in [0.15, 0.2) is 0 Å². The van der Waals surface area contributed by atoms with E-state index >= 15 is 0 Å². The molecular formula is C13H23NO3. The number of likely N-dealkylation sites (tertiary alicyclic amines) is 1. The standard InChI is InChI=1S/C13H23NO3/c1-3-8-11(13(16)17-4-2)12(15)14-9-6-5-7-10-14/h11H,3-10H2,1-2H3. The fraction of sp³-hybridized carbons (Fsp3) is 0.846. The molecule has 0 aromatic carbocycles. The Balaban J connectivity index is 2.61. The van der Waals surface area contributed by atoms with Crippen LogP contribution in [0.2, 0.25) is 0 Å². The van der Waals surface area contributed by atoms with E-state index in [0.717, 1.165) is 32.4 Å². The number of hydrogen-bond donors (Lipinski definition) is 0. The summed E-state index contributed by atoms with van der Waals surface area (Å²) in [5, 5.41) is 0. The second-order valence-electron chi connectivity index (χ2n) is 4.48. The van der Waals surface area contributed by atoms with Crippen molar-refractivity contribution in [2.45, 2.75) is 46.0 Å². The van der Waals surface area contributed by atoms with E-state index in [-0.39, 0.29) is 11.9 Å². The molecule has 4 nitrogen and oxygen atoms in total. The zero-order valence-corrected chi connectivity index (χ0v) is 10.9. The van der Waals surface area contributed by atoms with Crippen LogP contribution in [0, 0.1) is 5.92 Å². The molecular weight excluding hydrogens is 218 g/mol. The van der Waals surface area contributed by atoms with Crippen LogP contribution < -0.4 is 0 Å². The first-order valence-electron chi connectivity index (χ1n) is 6.66. The normalized spacial score (nSPS) is 17.6. The summed E-state index contributed by atoms with van der Waals surface area (Å²) in [6, 6.07) is 0. The summed E-state index contributed by atoms with van der Waals surface area (Å²) in [5.74, 6) is -0.979. The number of rotatable bonds is 5. The fourth-order valence-electron chi connectivity index (χ4n) is 2.21. The Morgan fingerprint density at radius 1 is 1.18 bits per heavy atom. The highest BCUT2D eigenvalue weighted by atomic mass is 16.5. The molecule has 1 aliphatic heterocycles. The number of piperidine rings is 1. The minimum atomic E-state index is -0.585. The summed E-state index contributed by atoms with van der Waals surface area (Å²) in [5.41, 5.74) is 0. The predicted octanol–water partition coefficient (Wildman–Crippen LogP) is 1.98. The third-order valence-corrected chi connectivity index (χ3v) is 3.11. The Morgan fingerprint density at radius 3 is 2.35 bits per heavy atom. The summed E-state index contributed by atoms with van der Waals surface area (Å²) in [6.07, 6.45) is 4.69. The number of carbonyl (C=O) groups is 2. The van der Waals surface area contributed by atoms with Gasteiger partial charge in [-0.3, -0.25) is 9.59 Å². The maximum atomic E-state index is 12.2. The van der Waals surface area contributed by atoms with Crippen molar-refractivity contribution >= 4 is 11.9 Å². The summed E-state index contributed by atoms with van der Waals surface area (Å²) in [7, 11) is 0. The van der Waals surface area contributed by atoms with Crippen molar-refractivity contribution < 1.29 is 14.3 Å². The van der Waals surface area contributed by atoms with Gasteiger partial charge in [0.25, 0.3) is 0 Å². The first-order valence-corrected chi connectivity index (χ1v) is 6.66. The van der Waals surface area contributed by atoms with Crippen molar-refractivity contribution in [3.63, 3.8) is 0 Å². The van der Waals surface area contributed by atoms with Crippen LogP contribution in [0.4, 0.5) is 0 Å². The van der Waals surface area contributed by atoms with Crippen molar-refractivity contribution in [3.8, 4) is 0 Å². The fourth-order valence-corrected chi connectivity index (χ4v) is 2.21. The van der Waals surface area contributed by atoms with Gasteiger partial charge >= 0.3 is 5.97 Å². The van der Waals surface area contributed by atoms with Crippen LogP contribution >= 0.6 is 0 Å². The molecule has 1 fully saturated rings. The molecule has 4 heteroatoms. The van der Waals surface area contributed by atoms with Gasteiger partial charge in [0.1, 0.15) is 5.92 Å². The molecule has 1 amide bonds. The number of hydrogen-bond acceptors (Lipinski definition) is 3. The third-order valence-electron chi connectivity index (χ3n) is 3.11. The number of ether oxygens (including phenoxy) is 1. The van der Waals surface area contributed by atoms with E-state index in [4.69, 9.17) is 4.74 Å². The van der Waals surface area contributed by atoms with Gasteiger partial charge in [0, 0.05) is 13.1 Å². The molecule has 0 aromatic rings. The molecule has 0 saturated carbocycles. The molecule has 1 rings (SSSR count). The topological polar surface area (TPSA) is 46.6 Å². The van der Waals surface area contributed by atoms with E-state index in [2.05, 4.69) is 0 Å². The van der Waals surface area contributed by atoms with E-state index in [1.54, 1.807) is 6.92 Å². The molecule has 1 unspecified atom stereocenters. The number of nitrogens with zero attached hydrogens (tertiary/aromatic N) is 1. The van der Waals surface area contributed by atoms with E-state index in [1.807, 2.05) is 11.8 Å². The van der Waals surface area contributed by atoms with Gasteiger partial charge in [-0.25, -0.2) is 0 Å². The lowest BCUT2D eigenvalue weighted by Gasteiger charge is -2.29. The molecule has 98 valence electrons. The first-order chi connectivity index (χ1) is 8.20. The molecule has 0 aromatic heterocycles. The van der Waals surface area contributed by atoms with Gasteiger partial charge in [0.05, 0.1) is 6.61 Å². The number of carbonyl (C=O) groups excluding carboxylic acids is 2. The highest BCUT2D eigenvalue weighted by Gasteiger charge is 2.31. The third kappa shape index (κ3) is 4.02. The summed E-state index contributed by atoms with van der Waals surface area (Å²) >= 11 is 0. The summed E-state index contributed by atoms with van der Waals surface area (Å²) < 4.78 is 4.98. The zero-order valence-electron chi connectivity index (χ0n) is 10.9. The minimum Gasteiger partial charge on any atom is -0.465 e. The van der Waals surface area contributed by atoms with Gasteiger partial charge in [0.2, 0.25) is 5.91 Å². The van der Waals surface area contributed by atoms with Crippen LogP contribution in [0.25, 0.3) is 0 Å². The second-order valence-corrected chi connectivity index (χ2v) is 4.48. The largest absolute Gasteiger partial charge is 0.465 e. The van der Waals surface area contributed by atoms with Crippen molar-refractivity contribution in [3.05, 3.63) is 0 Å². The van der Waals surface area contributed by atoms with Gasteiger partial charge in [0.15, 0.2) is 0 Å².